The second-order valence-electron chi connectivity index (χ2n) is 6.73. The third-order valence-corrected chi connectivity index (χ3v) is 4.69. The zero-order valence-electron chi connectivity index (χ0n) is 19.7. The highest BCUT2D eigenvalue weighted by Crippen LogP contribution is 2.22. The summed E-state index contributed by atoms with van der Waals surface area (Å²) in [6.45, 7) is 8.00. The highest BCUT2D eigenvalue weighted by molar-refractivity contribution is 5.74. The first kappa shape index (κ1) is 24.6. The Kier molecular flexibility index (Phi) is 11.1. The van der Waals surface area contributed by atoms with Crippen LogP contribution in [0, 0.1) is 0 Å². The fourth-order valence-corrected chi connectivity index (χ4v) is 3.09. The second kappa shape index (κ2) is 14.4. The van der Waals surface area contributed by atoms with E-state index in [0.29, 0.717) is 0 Å². The molecule has 0 saturated heterocycles. The summed E-state index contributed by atoms with van der Waals surface area (Å²) in [6, 6.07) is 38.1. The molecule has 0 aromatic heterocycles. The predicted molar refractivity (Wildman–Crippen MR) is 145 cm³/mol. The molecule has 0 aliphatic heterocycles. The van der Waals surface area contributed by atoms with E-state index in [1.54, 1.807) is 0 Å². The van der Waals surface area contributed by atoms with Gasteiger partial charge in [0.15, 0.2) is 0 Å². The van der Waals surface area contributed by atoms with Gasteiger partial charge in [0.2, 0.25) is 0 Å². The van der Waals surface area contributed by atoms with Crippen LogP contribution in [0.1, 0.15) is 49.9 Å². The van der Waals surface area contributed by atoms with Gasteiger partial charge in [-0.15, -0.1) is 0 Å². The maximum absolute atomic E-state index is 2.18. The first-order valence-electron chi connectivity index (χ1n) is 11.5. The molecule has 0 saturated carbocycles. The number of rotatable bonds is 5. The van der Waals surface area contributed by atoms with Crippen LogP contribution in [0.2, 0.25) is 0 Å². The molecule has 0 amide bonds. The lowest BCUT2D eigenvalue weighted by Gasteiger charge is -2.03. The van der Waals surface area contributed by atoms with E-state index in [2.05, 4.69) is 121 Å². The first-order valence-corrected chi connectivity index (χ1v) is 11.5. The molecule has 162 valence electrons. The molecule has 0 aliphatic rings. The van der Waals surface area contributed by atoms with Crippen LogP contribution < -0.4 is 0 Å². The van der Waals surface area contributed by atoms with Crippen molar-refractivity contribution in [3.8, 4) is 11.1 Å². The lowest BCUT2D eigenvalue weighted by molar-refractivity contribution is 1.50. The molecule has 0 heteroatoms. The monoisotopic (exact) mass is 418 g/mol. The molecule has 32 heavy (non-hydrogen) atoms. The van der Waals surface area contributed by atoms with E-state index in [4.69, 9.17) is 0 Å². The normalized spacial score (nSPS) is 10.2. The Bertz CT molecular complexity index is 961. The molecule has 0 nitrogen and oxygen atoms in total. The van der Waals surface area contributed by atoms with Gasteiger partial charge in [-0.25, -0.2) is 0 Å². The summed E-state index contributed by atoms with van der Waals surface area (Å²) in [7, 11) is 0. The van der Waals surface area contributed by atoms with Crippen LogP contribution in [-0.4, -0.2) is 0 Å². The number of benzene rings is 4. The van der Waals surface area contributed by atoms with E-state index in [-0.39, 0.29) is 0 Å². The summed E-state index contributed by atoms with van der Waals surface area (Å²) < 4.78 is 0. The highest BCUT2D eigenvalue weighted by Gasteiger charge is 1.98. The summed E-state index contributed by atoms with van der Waals surface area (Å²) in [5.41, 5.74) is 7.30. The maximum Gasteiger partial charge on any atom is -0.0184 e. The van der Waals surface area contributed by atoms with Gasteiger partial charge in [-0.2, -0.15) is 0 Å². The van der Waals surface area contributed by atoms with Crippen molar-refractivity contribution in [2.24, 2.45) is 0 Å². The largest absolute Gasteiger partial charge is 0.0683 e. The molecule has 0 bridgehead atoms. The van der Waals surface area contributed by atoms with Crippen molar-refractivity contribution >= 4 is 24.3 Å². The summed E-state index contributed by atoms with van der Waals surface area (Å²) in [5, 5.41) is 0. The van der Waals surface area contributed by atoms with Crippen molar-refractivity contribution in [1.29, 1.82) is 0 Å². The quantitative estimate of drug-likeness (QED) is 0.283. The molecule has 0 unspecified atom stereocenters. The Labute approximate surface area is 194 Å². The molecular formula is C32H34. The summed E-state index contributed by atoms with van der Waals surface area (Å²) in [6.07, 6.45) is 8.58. The van der Waals surface area contributed by atoms with E-state index in [9.17, 15) is 0 Å². The van der Waals surface area contributed by atoms with Gasteiger partial charge < -0.3 is 0 Å². The van der Waals surface area contributed by atoms with E-state index in [0.717, 1.165) is 0 Å². The van der Waals surface area contributed by atoms with Gasteiger partial charge in [-0.05, 0) is 33.4 Å². The molecule has 0 spiro atoms. The van der Waals surface area contributed by atoms with Gasteiger partial charge in [0, 0.05) is 0 Å². The lowest BCUT2D eigenvalue weighted by atomic mass is 10.0. The van der Waals surface area contributed by atoms with Crippen LogP contribution >= 0.6 is 0 Å². The molecule has 0 aliphatic carbocycles. The molecular weight excluding hydrogens is 384 g/mol. The molecule has 0 radical (unpaired) electrons. The minimum absolute atomic E-state index is 1.20. The van der Waals surface area contributed by atoms with Gasteiger partial charge >= 0.3 is 0 Å². The molecule has 0 fully saturated rings. The van der Waals surface area contributed by atoms with Gasteiger partial charge in [-0.1, -0.05) is 161 Å². The second-order valence-corrected chi connectivity index (χ2v) is 6.73. The standard InChI is InChI=1S/C28H22.2C2H6/c1-3-7-23(8-4-1)11-13-25-15-19-27(20-16-25)28-21-17-26(18-22-28)14-12-24-9-5-2-6-10-24;2*1-2/h1-22H;2*1-2H3/b13-11+,14-12+;;. The molecule has 4 rings (SSSR count). The lowest BCUT2D eigenvalue weighted by Crippen LogP contribution is -1.80. The van der Waals surface area contributed by atoms with Crippen LogP contribution in [0.5, 0.6) is 0 Å². The van der Waals surface area contributed by atoms with Gasteiger partial charge in [-0.3, -0.25) is 0 Å². The fourth-order valence-electron chi connectivity index (χ4n) is 3.09. The van der Waals surface area contributed by atoms with Crippen molar-refractivity contribution in [1.82, 2.24) is 0 Å². The highest BCUT2D eigenvalue weighted by atomic mass is 14.0. The molecule has 0 atom stereocenters. The Hall–Kier alpha value is -3.64. The average Bonchev–Trinajstić information content (AvgIpc) is 2.90. The minimum atomic E-state index is 1.20. The van der Waals surface area contributed by atoms with Gasteiger partial charge in [0.1, 0.15) is 0 Å². The van der Waals surface area contributed by atoms with Crippen molar-refractivity contribution in [2.45, 2.75) is 27.7 Å². The third-order valence-electron chi connectivity index (χ3n) is 4.69. The van der Waals surface area contributed by atoms with E-state index < -0.39 is 0 Å². The molecule has 0 heterocycles. The van der Waals surface area contributed by atoms with Crippen molar-refractivity contribution in [2.75, 3.05) is 0 Å². The maximum atomic E-state index is 2.18. The van der Waals surface area contributed by atoms with E-state index >= 15 is 0 Å². The minimum Gasteiger partial charge on any atom is -0.0683 e. The molecule has 4 aromatic carbocycles. The van der Waals surface area contributed by atoms with E-state index in [1.165, 1.54) is 33.4 Å². The van der Waals surface area contributed by atoms with Crippen molar-refractivity contribution < 1.29 is 0 Å². The van der Waals surface area contributed by atoms with Crippen LogP contribution in [0.25, 0.3) is 35.4 Å². The van der Waals surface area contributed by atoms with Crippen LogP contribution in [0.15, 0.2) is 109 Å². The summed E-state index contributed by atoms with van der Waals surface area (Å²) in [5.74, 6) is 0. The topological polar surface area (TPSA) is 0 Å². The average molecular weight is 419 g/mol. The smallest absolute Gasteiger partial charge is 0.0184 e. The molecule has 4 aromatic rings. The predicted octanol–water partition coefficient (Wildman–Crippen LogP) is 9.75. The number of hydrogen-bond donors (Lipinski definition) is 0. The van der Waals surface area contributed by atoms with Crippen LogP contribution in [0.4, 0.5) is 0 Å². The summed E-state index contributed by atoms with van der Waals surface area (Å²) in [4.78, 5) is 0. The Balaban J connectivity index is 0.000000860. The Morgan fingerprint density at radius 2 is 0.562 bits per heavy atom. The molecule has 0 N–H and O–H groups in total. The number of hydrogen-bond acceptors (Lipinski definition) is 0. The first-order chi connectivity index (χ1) is 15.9. The fraction of sp³-hybridized carbons (Fsp3) is 0.125. The summed E-state index contributed by atoms with van der Waals surface area (Å²) >= 11 is 0. The van der Waals surface area contributed by atoms with Crippen molar-refractivity contribution in [3.63, 3.8) is 0 Å². The Morgan fingerprint density at radius 3 is 0.844 bits per heavy atom. The zero-order valence-corrected chi connectivity index (χ0v) is 19.7. The van der Waals surface area contributed by atoms with Crippen molar-refractivity contribution in [3.05, 3.63) is 131 Å². The Morgan fingerprint density at radius 1 is 0.312 bits per heavy atom. The van der Waals surface area contributed by atoms with Gasteiger partial charge in [0.05, 0.1) is 0 Å². The zero-order chi connectivity index (χ0) is 23.0. The van der Waals surface area contributed by atoms with Crippen LogP contribution in [0.3, 0.4) is 0 Å². The van der Waals surface area contributed by atoms with Gasteiger partial charge in [0.25, 0.3) is 0 Å². The van der Waals surface area contributed by atoms with Crippen LogP contribution in [-0.2, 0) is 0 Å². The third kappa shape index (κ3) is 7.89. The SMILES string of the molecule is C(=C\c1ccc(-c2ccc(/C=C/c3ccccc3)cc2)cc1)/c1ccccc1.CC.CC. The van der Waals surface area contributed by atoms with E-state index in [1.807, 2.05) is 39.8 Å².